The number of benzene rings is 1. The minimum absolute atomic E-state index is 0.212. The van der Waals surface area contributed by atoms with E-state index in [0.29, 0.717) is 0 Å². The van der Waals surface area contributed by atoms with Crippen molar-refractivity contribution in [2.75, 3.05) is 0 Å². The standard InChI is InChI=1S/C18H31ClN2/c1-3-4-5-6-7-8-9-10-11-18(21-20)17-14-16(19)13-12-15(17)2/h12-14,18,21H,3-11,20H2,1-2H3. The van der Waals surface area contributed by atoms with Crippen molar-refractivity contribution in [3.8, 4) is 0 Å². The third-order valence-corrected chi connectivity index (χ3v) is 4.40. The second kappa shape index (κ2) is 11.1. The Bertz CT molecular complexity index is 393. The van der Waals surface area contributed by atoms with Crippen molar-refractivity contribution < 1.29 is 0 Å². The lowest BCUT2D eigenvalue weighted by Gasteiger charge is -2.19. The molecule has 0 saturated heterocycles. The molecule has 1 unspecified atom stereocenters. The Labute approximate surface area is 135 Å². The summed E-state index contributed by atoms with van der Waals surface area (Å²) in [7, 11) is 0. The quantitative estimate of drug-likeness (QED) is 0.313. The summed E-state index contributed by atoms with van der Waals surface area (Å²) in [6.45, 7) is 4.38. The van der Waals surface area contributed by atoms with Crippen molar-refractivity contribution in [2.45, 2.75) is 77.7 Å². The summed E-state index contributed by atoms with van der Waals surface area (Å²) < 4.78 is 0. The number of unbranched alkanes of at least 4 members (excludes halogenated alkanes) is 7. The Hall–Kier alpha value is -0.570. The predicted molar refractivity (Wildman–Crippen MR) is 93.5 cm³/mol. The molecule has 21 heavy (non-hydrogen) atoms. The van der Waals surface area contributed by atoms with Gasteiger partial charge < -0.3 is 0 Å². The van der Waals surface area contributed by atoms with Crippen LogP contribution < -0.4 is 11.3 Å². The number of hydrazine groups is 1. The fourth-order valence-electron chi connectivity index (χ4n) is 2.80. The van der Waals surface area contributed by atoms with Crippen molar-refractivity contribution in [2.24, 2.45) is 5.84 Å². The third-order valence-electron chi connectivity index (χ3n) is 4.16. The number of halogens is 1. The highest BCUT2D eigenvalue weighted by molar-refractivity contribution is 6.30. The molecule has 0 aliphatic rings. The van der Waals surface area contributed by atoms with E-state index in [1.807, 2.05) is 12.1 Å². The lowest BCUT2D eigenvalue weighted by molar-refractivity contribution is 0.473. The highest BCUT2D eigenvalue weighted by Gasteiger charge is 2.12. The molecule has 0 bridgehead atoms. The predicted octanol–water partition coefficient (Wildman–Crippen LogP) is 5.68. The van der Waals surface area contributed by atoms with Gasteiger partial charge in [-0.2, -0.15) is 0 Å². The molecule has 0 fully saturated rings. The van der Waals surface area contributed by atoms with Gasteiger partial charge in [0.25, 0.3) is 0 Å². The molecule has 0 spiro atoms. The van der Waals surface area contributed by atoms with E-state index in [9.17, 15) is 0 Å². The van der Waals surface area contributed by atoms with Gasteiger partial charge in [0.15, 0.2) is 0 Å². The van der Waals surface area contributed by atoms with Gasteiger partial charge in [-0.3, -0.25) is 11.3 Å². The van der Waals surface area contributed by atoms with Crippen LogP contribution in [0.25, 0.3) is 0 Å². The van der Waals surface area contributed by atoms with Gasteiger partial charge in [-0.15, -0.1) is 0 Å². The Morgan fingerprint density at radius 3 is 2.29 bits per heavy atom. The maximum atomic E-state index is 6.09. The van der Waals surface area contributed by atoms with E-state index in [-0.39, 0.29) is 6.04 Å². The average molecular weight is 311 g/mol. The fourth-order valence-corrected chi connectivity index (χ4v) is 2.98. The summed E-state index contributed by atoms with van der Waals surface area (Å²) in [5.74, 6) is 5.73. The van der Waals surface area contributed by atoms with Crippen LogP contribution in [-0.4, -0.2) is 0 Å². The molecular weight excluding hydrogens is 280 g/mol. The molecular formula is C18H31ClN2. The minimum atomic E-state index is 0.212. The van der Waals surface area contributed by atoms with E-state index < -0.39 is 0 Å². The second-order valence-corrected chi connectivity index (χ2v) is 6.42. The number of rotatable bonds is 11. The summed E-state index contributed by atoms with van der Waals surface area (Å²) >= 11 is 6.09. The maximum Gasteiger partial charge on any atom is 0.0463 e. The van der Waals surface area contributed by atoms with Crippen molar-refractivity contribution in [3.63, 3.8) is 0 Å². The van der Waals surface area contributed by atoms with Crippen molar-refractivity contribution in [3.05, 3.63) is 34.3 Å². The molecule has 0 aliphatic carbocycles. The zero-order chi connectivity index (χ0) is 15.5. The first kappa shape index (κ1) is 18.5. The van der Waals surface area contributed by atoms with Crippen LogP contribution >= 0.6 is 11.6 Å². The summed E-state index contributed by atoms with van der Waals surface area (Å²) in [5, 5.41) is 0.784. The van der Waals surface area contributed by atoms with Gasteiger partial charge in [-0.05, 0) is 36.6 Å². The van der Waals surface area contributed by atoms with Crippen molar-refractivity contribution >= 4 is 11.6 Å². The van der Waals surface area contributed by atoms with Gasteiger partial charge in [0.2, 0.25) is 0 Å². The molecule has 0 aromatic heterocycles. The highest BCUT2D eigenvalue weighted by atomic mass is 35.5. The zero-order valence-electron chi connectivity index (χ0n) is 13.6. The van der Waals surface area contributed by atoms with Crippen molar-refractivity contribution in [1.29, 1.82) is 0 Å². The Kier molecular flexibility index (Phi) is 9.73. The van der Waals surface area contributed by atoms with Crippen molar-refractivity contribution in [1.82, 2.24) is 5.43 Å². The van der Waals surface area contributed by atoms with Crippen LogP contribution in [0.1, 0.15) is 81.9 Å². The van der Waals surface area contributed by atoms with Crippen LogP contribution in [0, 0.1) is 6.92 Å². The molecule has 1 atom stereocenters. The third kappa shape index (κ3) is 7.30. The van der Waals surface area contributed by atoms with Crippen LogP contribution in [-0.2, 0) is 0 Å². The van der Waals surface area contributed by atoms with Gasteiger partial charge in [0.1, 0.15) is 0 Å². The molecule has 0 amide bonds. The molecule has 120 valence electrons. The van der Waals surface area contributed by atoms with E-state index in [2.05, 4.69) is 25.3 Å². The van der Waals surface area contributed by atoms with E-state index in [1.165, 1.54) is 62.5 Å². The zero-order valence-corrected chi connectivity index (χ0v) is 14.4. The molecule has 1 aromatic carbocycles. The normalized spacial score (nSPS) is 12.6. The number of hydrogen-bond donors (Lipinski definition) is 2. The van der Waals surface area contributed by atoms with Crippen LogP contribution in [0.4, 0.5) is 0 Å². The molecule has 3 N–H and O–H groups in total. The summed E-state index contributed by atoms with van der Waals surface area (Å²) in [5.41, 5.74) is 5.43. The summed E-state index contributed by atoms with van der Waals surface area (Å²) in [6, 6.07) is 6.25. The Morgan fingerprint density at radius 2 is 1.67 bits per heavy atom. The van der Waals surface area contributed by atoms with Gasteiger partial charge in [0, 0.05) is 11.1 Å². The smallest absolute Gasteiger partial charge is 0.0463 e. The van der Waals surface area contributed by atoms with E-state index >= 15 is 0 Å². The van der Waals surface area contributed by atoms with E-state index in [1.54, 1.807) is 0 Å². The Morgan fingerprint density at radius 1 is 1.05 bits per heavy atom. The van der Waals surface area contributed by atoms with Gasteiger partial charge >= 0.3 is 0 Å². The first-order chi connectivity index (χ1) is 10.2. The number of nitrogens with one attached hydrogen (secondary N) is 1. The van der Waals surface area contributed by atoms with E-state index in [4.69, 9.17) is 17.4 Å². The minimum Gasteiger partial charge on any atom is -0.271 e. The highest BCUT2D eigenvalue weighted by Crippen LogP contribution is 2.25. The molecule has 1 aromatic rings. The first-order valence-corrected chi connectivity index (χ1v) is 8.79. The molecule has 0 heterocycles. The summed E-state index contributed by atoms with van der Waals surface area (Å²) in [6.07, 6.45) is 11.8. The monoisotopic (exact) mass is 310 g/mol. The number of nitrogens with two attached hydrogens (primary N) is 1. The maximum absolute atomic E-state index is 6.09. The molecule has 0 radical (unpaired) electrons. The largest absolute Gasteiger partial charge is 0.271 e. The topological polar surface area (TPSA) is 38.0 Å². The fraction of sp³-hybridized carbons (Fsp3) is 0.667. The Balaban J connectivity index is 2.27. The second-order valence-electron chi connectivity index (χ2n) is 5.98. The van der Waals surface area contributed by atoms with Gasteiger partial charge in [-0.25, -0.2) is 0 Å². The van der Waals surface area contributed by atoms with Crippen LogP contribution in [0.3, 0.4) is 0 Å². The molecule has 0 aliphatic heterocycles. The SMILES string of the molecule is CCCCCCCCCCC(NN)c1cc(Cl)ccc1C. The molecule has 2 nitrogen and oxygen atoms in total. The average Bonchev–Trinajstić information content (AvgIpc) is 2.49. The molecule has 1 rings (SSSR count). The molecule has 0 saturated carbocycles. The van der Waals surface area contributed by atoms with Crippen LogP contribution in [0.15, 0.2) is 18.2 Å². The van der Waals surface area contributed by atoms with Gasteiger partial charge in [-0.1, -0.05) is 76.0 Å². The molecule has 3 heteroatoms. The van der Waals surface area contributed by atoms with Gasteiger partial charge in [0.05, 0.1) is 0 Å². The van der Waals surface area contributed by atoms with E-state index in [0.717, 1.165) is 11.4 Å². The summed E-state index contributed by atoms with van der Waals surface area (Å²) in [4.78, 5) is 0. The lowest BCUT2D eigenvalue weighted by Crippen LogP contribution is -2.28. The first-order valence-electron chi connectivity index (χ1n) is 8.41. The number of aryl methyl sites for hydroxylation is 1. The van der Waals surface area contributed by atoms with Crippen LogP contribution in [0.2, 0.25) is 5.02 Å². The number of hydrogen-bond acceptors (Lipinski definition) is 2. The lowest BCUT2D eigenvalue weighted by atomic mass is 9.96. The van der Waals surface area contributed by atoms with Crippen LogP contribution in [0.5, 0.6) is 0 Å².